The standard InChI is InChI=1S/C18H31N3/c1-18(2,3)15-7-6-14(12-19)17(11-15)21-10-9-20-8-4-5-16(20)13-21/h14-17H,4-11,13H2,1-3H3. The highest BCUT2D eigenvalue weighted by Crippen LogP contribution is 2.42. The highest BCUT2D eigenvalue weighted by atomic mass is 15.3. The van der Waals surface area contributed by atoms with Gasteiger partial charge in [-0.05, 0) is 50.0 Å². The molecule has 1 aliphatic carbocycles. The van der Waals surface area contributed by atoms with E-state index in [2.05, 4.69) is 36.6 Å². The van der Waals surface area contributed by atoms with Gasteiger partial charge in [0.25, 0.3) is 0 Å². The molecule has 3 nitrogen and oxygen atoms in total. The van der Waals surface area contributed by atoms with E-state index >= 15 is 0 Å². The zero-order chi connectivity index (χ0) is 15.0. The van der Waals surface area contributed by atoms with Crippen molar-refractivity contribution in [2.75, 3.05) is 26.2 Å². The maximum Gasteiger partial charge on any atom is 0.0672 e. The quantitative estimate of drug-likeness (QED) is 0.743. The molecule has 21 heavy (non-hydrogen) atoms. The number of nitrogens with zero attached hydrogens (tertiary/aromatic N) is 3. The molecule has 4 atom stereocenters. The molecular formula is C18H31N3. The summed E-state index contributed by atoms with van der Waals surface area (Å²) in [6.07, 6.45) is 6.31. The topological polar surface area (TPSA) is 30.3 Å². The van der Waals surface area contributed by atoms with Gasteiger partial charge < -0.3 is 0 Å². The van der Waals surface area contributed by atoms with E-state index in [1.54, 1.807) is 0 Å². The predicted octanol–water partition coefficient (Wildman–Crippen LogP) is 3.12. The van der Waals surface area contributed by atoms with E-state index in [-0.39, 0.29) is 5.92 Å². The second kappa shape index (κ2) is 5.89. The van der Waals surface area contributed by atoms with E-state index in [0.29, 0.717) is 11.5 Å². The van der Waals surface area contributed by atoms with Crippen molar-refractivity contribution in [1.82, 2.24) is 9.80 Å². The van der Waals surface area contributed by atoms with Gasteiger partial charge in [0.05, 0.1) is 12.0 Å². The van der Waals surface area contributed by atoms with Crippen LogP contribution in [0.1, 0.15) is 52.9 Å². The van der Waals surface area contributed by atoms with Gasteiger partial charge in [-0.2, -0.15) is 5.26 Å². The van der Waals surface area contributed by atoms with Crippen LogP contribution >= 0.6 is 0 Å². The Bertz CT molecular complexity index is 406. The van der Waals surface area contributed by atoms with E-state index in [1.165, 1.54) is 51.9 Å². The predicted molar refractivity (Wildman–Crippen MR) is 85.9 cm³/mol. The van der Waals surface area contributed by atoms with Gasteiger partial charge in [0.15, 0.2) is 0 Å². The van der Waals surface area contributed by atoms with Crippen LogP contribution in [0.4, 0.5) is 0 Å². The third kappa shape index (κ3) is 3.12. The molecule has 0 aromatic heterocycles. The van der Waals surface area contributed by atoms with Gasteiger partial charge >= 0.3 is 0 Å². The van der Waals surface area contributed by atoms with E-state index in [9.17, 15) is 5.26 Å². The molecule has 3 heteroatoms. The third-order valence-electron chi connectivity index (χ3n) is 6.29. The molecule has 0 spiro atoms. The molecule has 1 saturated carbocycles. The van der Waals surface area contributed by atoms with Gasteiger partial charge in [0, 0.05) is 31.7 Å². The maximum absolute atomic E-state index is 9.58. The Balaban J connectivity index is 1.70. The lowest BCUT2D eigenvalue weighted by Crippen LogP contribution is -2.56. The summed E-state index contributed by atoms with van der Waals surface area (Å²) in [5.41, 5.74) is 0.383. The van der Waals surface area contributed by atoms with Crippen molar-refractivity contribution in [1.29, 1.82) is 5.26 Å². The molecule has 0 bridgehead atoms. The van der Waals surface area contributed by atoms with E-state index in [1.807, 2.05) is 0 Å². The van der Waals surface area contributed by atoms with Crippen LogP contribution in [0.3, 0.4) is 0 Å². The summed E-state index contributed by atoms with van der Waals surface area (Å²) >= 11 is 0. The Morgan fingerprint density at radius 2 is 1.76 bits per heavy atom. The van der Waals surface area contributed by atoms with Crippen molar-refractivity contribution < 1.29 is 0 Å². The molecule has 0 amide bonds. The van der Waals surface area contributed by atoms with Crippen molar-refractivity contribution in [2.24, 2.45) is 17.3 Å². The summed E-state index contributed by atoms with van der Waals surface area (Å²) in [6, 6.07) is 3.91. The van der Waals surface area contributed by atoms with Crippen LogP contribution in [0.5, 0.6) is 0 Å². The summed E-state index contributed by atoms with van der Waals surface area (Å²) < 4.78 is 0. The number of rotatable bonds is 1. The van der Waals surface area contributed by atoms with E-state index in [0.717, 1.165) is 18.4 Å². The van der Waals surface area contributed by atoms with Crippen molar-refractivity contribution in [3.05, 3.63) is 0 Å². The Hall–Kier alpha value is -0.590. The lowest BCUT2D eigenvalue weighted by atomic mass is 9.67. The first-order chi connectivity index (χ1) is 9.99. The van der Waals surface area contributed by atoms with Crippen LogP contribution in [0.2, 0.25) is 0 Å². The lowest BCUT2D eigenvalue weighted by molar-refractivity contribution is 0.0146. The van der Waals surface area contributed by atoms with Gasteiger partial charge in [-0.1, -0.05) is 20.8 Å². The number of hydrogen-bond acceptors (Lipinski definition) is 3. The first-order valence-corrected chi connectivity index (χ1v) is 8.87. The Kier molecular flexibility index (Phi) is 4.30. The minimum absolute atomic E-state index is 0.261. The smallest absolute Gasteiger partial charge is 0.0672 e. The summed E-state index contributed by atoms with van der Waals surface area (Å²) in [6.45, 7) is 12.0. The molecule has 0 radical (unpaired) electrons. The van der Waals surface area contributed by atoms with Crippen molar-refractivity contribution in [2.45, 2.75) is 65.0 Å². The van der Waals surface area contributed by atoms with Crippen molar-refractivity contribution in [3.8, 4) is 6.07 Å². The summed E-state index contributed by atoms with van der Waals surface area (Å²) in [5, 5.41) is 9.58. The number of piperazine rings is 1. The zero-order valence-electron chi connectivity index (χ0n) is 14.0. The highest BCUT2D eigenvalue weighted by Gasteiger charge is 2.41. The normalized spacial score (nSPS) is 39.0. The van der Waals surface area contributed by atoms with Gasteiger partial charge in [0.1, 0.15) is 0 Å². The Morgan fingerprint density at radius 3 is 2.48 bits per heavy atom. The maximum atomic E-state index is 9.58. The van der Waals surface area contributed by atoms with Gasteiger partial charge in [-0.25, -0.2) is 0 Å². The van der Waals surface area contributed by atoms with Crippen LogP contribution in [-0.2, 0) is 0 Å². The summed E-state index contributed by atoms with van der Waals surface area (Å²) in [4.78, 5) is 5.35. The van der Waals surface area contributed by atoms with E-state index in [4.69, 9.17) is 0 Å². The van der Waals surface area contributed by atoms with Crippen LogP contribution < -0.4 is 0 Å². The summed E-state index contributed by atoms with van der Waals surface area (Å²) in [5.74, 6) is 1.03. The van der Waals surface area contributed by atoms with Crippen LogP contribution in [0.15, 0.2) is 0 Å². The summed E-state index contributed by atoms with van der Waals surface area (Å²) in [7, 11) is 0. The molecule has 4 unspecified atom stereocenters. The van der Waals surface area contributed by atoms with Gasteiger partial charge in [0.2, 0.25) is 0 Å². The minimum atomic E-state index is 0.261. The van der Waals surface area contributed by atoms with Crippen LogP contribution in [-0.4, -0.2) is 48.1 Å². The molecule has 3 aliphatic rings. The molecule has 0 aromatic carbocycles. The molecule has 0 aromatic rings. The molecular weight excluding hydrogens is 258 g/mol. The van der Waals surface area contributed by atoms with Gasteiger partial charge in [-0.15, -0.1) is 0 Å². The SMILES string of the molecule is CC(C)(C)C1CCC(C#N)C(N2CCN3CCCC3C2)C1. The van der Waals surface area contributed by atoms with Crippen LogP contribution in [0, 0.1) is 28.6 Å². The largest absolute Gasteiger partial charge is 0.298 e. The number of fused-ring (bicyclic) bond motifs is 1. The first-order valence-electron chi connectivity index (χ1n) is 8.87. The number of nitriles is 1. The fourth-order valence-electron chi connectivity index (χ4n) is 4.80. The van der Waals surface area contributed by atoms with Crippen LogP contribution in [0.25, 0.3) is 0 Å². The second-order valence-corrected chi connectivity index (χ2v) is 8.51. The van der Waals surface area contributed by atoms with Gasteiger partial charge in [-0.3, -0.25) is 9.80 Å². The van der Waals surface area contributed by atoms with Crippen molar-refractivity contribution >= 4 is 0 Å². The molecule has 2 aliphatic heterocycles. The molecule has 0 N–H and O–H groups in total. The second-order valence-electron chi connectivity index (χ2n) is 8.51. The fraction of sp³-hybridized carbons (Fsp3) is 0.944. The molecule has 2 heterocycles. The Morgan fingerprint density at radius 1 is 1.00 bits per heavy atom. The Labute approximate surface area is 130 Å². The fourth-order valence-corrected chi connectivity index (χ4v) is 4.80. The average molecular weight is 289 g/mol. The zero-order valence-corrected chi connectivity index (χ0v) is 14.0. The highest BCUT2D eigenvalue weighted by molar-refractivity contribution is 5.01. The third-order valence-corrected chi connectivity index (χ3v) is 6.29. The molecule has 118 valence electrons. The average Bonchev–Trinajstić information content (AvgIpc) is 2.93. The monoisotopic (exact) mass is 289 g/mol. The number of hydrogen-bond donors (Lipinski definition) is 0. The van der Waals surface area contributed by atoms with Crippen molar-refractivity contribution in [3.63, 3.8) is 0 Å². The lowest BCUT2D eigenvalue weighted by Gasteiger charge is -2.48. The molecule has 2 saturated heterocycles. The van der Waals surface area contributed by atoms with E-state index < -0.39 is 0 Å². The minimum Gasteiger partial charge on any atom is -0.298 e. The molecule has 3 rings (SSSR count). The first kappa shape index (κ1) is 15.3. The molecule has 3 fully saturated rings.